The number of ether oxygens (including phenoxy) is 1. The van der Waals surface area contributed by atoms with Gasteiger partial charge in [0.05, 0.1) is 41.9 Å². The van der Waals surface area contributed by atoms with Crippen LogP contribution < -0.4 is 15.7 Å². The maximum absolute atomic E-state index is 14.6. The molecule has 7 nitrogen and oxygen atoms in total. The summed E-state index contributed by atoms with van der Waals surface area (Å²) in [5, 5.41) is 3.56. The van der Waals surface area contributed by atoms with E-state index in [2.05, 4.69) is 15.3 Å². The maximum Gasteiger partial charge on any atom is 0.285 e. The second kappa shape index (κ2) is 9.15. The van der Waals surface area contributed by atoms with Gasteiger partial charge in [-0.25, -0.2) is 23.1 Å². The van der Waals surface area contributed by atoms with Gasteiger partial charge in [0.15, 0.2) is 0 Å². The first-order valence-electron chi connectivity index (χ1n) is 10.3. The molecule has 10 heteroatoms. The molecule has 32 heavy (non-hydrogen) atoms. The van der Waals surface area contributed by atoms with Crippen molar-refractivity contribution in [3.05, 3.63) is 63.6 Å². The Hall–Kier alpha value is -3.14. The fraction of sp³-hybridized carbons (Fsp3) is 0.409. The predicted molar refractivity (Wildman–Crippen MR) is 112 cm³/mol. The first-order chi connectivity index (χ1) is 15.3. The van der Waals surface area contributed by atoms with Crippen LogP contribution in [0.5, 0.6) is 0 Å². The van der Waals surface area contributed by atoms with Crippen molar-refractivity contribution >= 4 is 16.7 Å². The Morgan fingerprint density at radius 2 is 1.94 bits per heavy atom. The molecule has 0 spiro atoms. The fourth-order valence-corrected chi connectivity index (χ4v) is 3.69. The van der Waals surface area contributed by atoms with Crippen LogP contribution in [0.3, 0.4) is 0 Å². The minimum atomic E-state index is -2.92. The van der Waals surface area contributed by atoms with Crippen LogP contribution in [-0.4, -0.2) is 34.0 Å². The molecular weight excluding hydrogens is 425 g/mol. The zero-order valence-corrected chi connectivity index (χ0v) is 17.6. The molecule has 1 aromatic carbocycles. The molecule has 1 saturated heterocycles. The van der Waals surface area contributed by atoms with Gasteiger partial charge in [-0.15, -0.1) is 0 Å². The smallest absolute Gasteiger partial charge is 0.285 e. The van der Waals surface area contributed by atoms with Crippen molar-refractivity contribution in [3.63, 3.8) is 0 Å². The molecule has 0 radical (unpaired) electrons. The molecule has 0 bridgehead atoms. The van der Waals surface area contributed by atoms with Crippen LogP contribution in [0.1, 0.15) is 49.2 Å². The highest BCUT2D eigenvalue weighted by atomic mass is 19.3. The Labute approximate surface area is 182 Å². The molecule has 0 aliphatic carbocycles. The first kappa shape index (κ1) is 22.1. The Balaban J connectivity index is 1.69. The van der Waals surface area contributed by atoms with Gasteiger partial charge in [-0.2, -0.15) is 4.73 Å². The van der Waals surface area contributed by atoms with Crippen molar-refractivity contribution in [3.8, 4) is 0 Å². The lowest BCUT2D eigenvalue weighted by Crippen LogP contribution is -2.36. The van der Waals surface area contributed by atoms with Crippen LogP contribution in [-0.2, 0) is 4.74 Å². The molecular formula is C22H23F3N4O3. The highest BCUT2D eigenvalue weighted by molar-refractivity contribution is 5.88. The van der Waals surface area contributed by atoms with E-state index in [1.165, 1.54) is 24.4 Å². The van der Waals surface area contributed by atoms with Crippen molar-refractivity contribution < 1.29 is 22.7 Å². The molecule has 1 unspecified atom stereocenters. The normalized spacial score (nSPS) is 15.8. The van der Waals surface area contributed by atoms with E-state index < -0.39 is 23.8 Å². The number of hydrogen-bond donors (Lipinski definition) is 1. The summed E-state index contributed by atoms with van der Waals surface area (Å²) in [7, 11) is 0. The lowest BCUT2D eigenvalue weighted by atomic mass is 10.0. The lowest BCUT2D eigenvalue weighted by molar-refractivity contribution is -0.0411. The van der Waals surface area contributed by atoms with E-state index >= 15 is 0 Å². The molecule has 170 valence electrons. The number of aryl methyl sites for hydroxylation is 1. The van der Waals surface area contributed by atoms with Crippen LogP contribution in [0.15, 0.2) is 35.3 Å². The number of alkyl halides is 2. The van der Waals surface area contributed by atoms with E-state index in [4.69, 9.17) is 9.57 Å². The van der Waals surface area contributed by atoms with Crippen molar-refractivity contribution in [2.45, 2.75) is 45.3 Å². The predicted octanol–water partition coefficient (Wildman–Crippen LogP) is 3.96. The largest absolute Gasteiger partial charge is 0.407 e. The molecule has 0 amide bonds. The SMILES string of the molecule is Cc1nc(NC(C)c2cccc(C(F)F)c2F)c2cn(OC3CCOCC3)c(=O)cc2n1. The molecule has 2 aromatic heterocycles. The van der Waals surface area contributed by atoms with Gasteiger partial charge in [-0.05, 0) is 13.8 Å². The van der Waals surface area contributed by atoms with Crippen LogP contribution in [0, 0.1) is 12.7 Å². The molecule has 3 heterocycles. The van der Waals surface area contributed by atoms with Crippen molar-refractivity contribution in [2.75, 3.05) is 18.5 Å². The summed E-state index contributed by atoms with van der Waals surface area (Å²) in [5.74, 6) is -0.222. The number of aromatic nitrogens is 3. The third-order valence-electron chi connectivity index (χ3n) is 5.35. The van der Waals surface area contributed by atoms with Crippen LogP contribution in [0.4, 0.5) is 19.0 Å². The Morgan fingerprint density at radius 3 is 2.66 bits per heavy atom. The minimum absolute atomic E-state index is 0.0824. The van der Waals surface area contributed by atoms with Gasteiger partial charge in [0, 0.05) is 24.5 Å². The maximum atomic E-state index is 14.6. The highest BCUT2D eigenvalue weighted by Crippen LogP contribution is 2.30. The lowest BCUT2D eigenvalue weighted by Gasteiger charge is -2.24. The van der Waals surface area contributed by atoms with Gasteiger partial charge in [0.25, 0.3) is 12.0 Å². The number of fused-ring (bicyclic) bond motifs is 1. The molecule has 0 saturated carbocycles. The first-order valence-corrected chi connectivity index (χ1v) is 10.3. The minimum Gasteiger partial charge on any atom is -0.407 e. The number of pyridine rings is 1. The highest BCUT2D eigenvalue weighted by Gasteiger charge is 2.21. The van der Waals surface area contributed by atoms with Gasteiger partial charge in [0.1, 0.15) is 23.6 Å². The van der Waals surface area contributed by atoms with Gasteiger partial charge in [-0.3, -0.25) is 4.79 Å². The number of hydrogen-bond acceptors (Lipinski definition) is 6. The number of benzene rings is 1. The van der Waals surface area contributed by atoms with Gasteiger partial charge in [-0.1, -0.05) is 18.2 Å². The number of anilines is 1. The molecule has 1 atom stereocenters. The van der Waals surface area contributed by atoms with Crippen LogP contribution in [0.2, 0.25) is 0 Å². The van der Waals surface area contributed by atoms with Crippen molar-refractivity contribution in [1.29, 1.82) is 0 Å². The van der Waals surface area contributed by atoms with E-state index in [-0.39, 0.29) is 17.2 Å². The van der Waals surface area contributed by atoms with Gasteiger partial charge in [0.2, 0.25) is 0 Å². The number of halogens is 3. The Bertz CT molecular complexity index is 1180. The van der Waals surface area contributed by atoms with Gasteiger partial charge >= 0.3 is 0 Å². The summed E-state index contributed by atoms with van der Waals surface area (Å²) in [4.78, 5) is 27.0. The second-order valence-corrected chi connectivity index (χ2v) is 7.69. The van der Waals surface area contributed by atoms with Gasteiger partial charge < -0.3 is 14.9 Å². The number of rotatable bonds is 6. The number of nitrogens with one attached hydrogen (secondary N) is 1. The van der Waals surface area contributed by atoms with E-state index in [1.807, 2.05) is 0 Å². The molecule has 1 aliphatic rings. The summed E-state index contributed by atoms with van der Waals surface area (Å²) >= 11 is 0. The summed E-state index contributed by atoms with van der Waals surface area (Å²) in [6.45, 7) is 4.43. The van der Waals surface area contributed by atoms with E-state index in [0.29, 0.717) is 48.6 Å². The number of nitrogens with zero attached hydrogens (tertiary/aromatic N) is 3. The monoisotopic (exact) mass is 448 g/mol. The molecule has 1 aliphatic heterocycles. The zero-order valence-electron chi connectivity index (χ0n) is 17.6. The summed E-state index contributed by atoms with van der Waals surface area (Å²) in [5.41, 5.74) is -0.555. The fourth-order valence-electron chi connectivity index (χ4n) is 3.69. The molecule has 3 aromatic rings. The van der Waals surface area contributed by atoms with Crippen molar-refractivity contribution in [2.24, 2.45) is 0 Å². The standard InChI is InChI=1S/C22H23F3N4O3/c1-12(15-4-3-5-16(20(15)23)21(24)25)26-22-17-11-29(32-14-6-8-31-9-7-14)19(30)10-18(17)27-13(2)28-22/h3-5,10-12,14,21H,6-9H2,1-2H3,(H,26,27,28). The summed E-state index contributed by atoms with van der Waals surface area (Å²) in [6, 6.07) is 4.56. The Kier molecular flexibility index (Phi) is 6.31. The van der Waals surface area contributed by atoms with E-state index in [1.54, 1.807) is 13.8 Å². The van der Waals surface area contributed by atoms with Crippen LogP contribution >= 0.6 is 0 Å². The van der Waals surface area contributed by atoms with E-state index in [9.17, 15) is 18.0 Å². The molecule has 1 fully saturated rings. The third-order valence-corrected chi connectivity index (χ3v) is 5.35. The zero-order chi connectivity index (χ0) is 22.8. The Morgan fingerprint density at radius 1 is 1.22 bits per heavy atom. The van der Waals surface area contributed by atoms with E-state index in [0.717, 1.165) is 10.8 Å². The quantitative estimate of drug-likeness (QED) is 0.615. The summed E-state index contributed by atoms with van der Waals surface area (Å²) in [6.07, 6.45) is -0.256. The molecule has 4 rings (SSSR count). The third kappa shape index (κ3) is 4.55. The summed E-state index contributed by atoms with van der Waals surface area (Å²) < 4.78 is 47.3. The van der Waals surface area contributed by atoms with Crippen LogP contribution in [0.25, 0.3) is 10.9 Å². The average Bonchev–Trinajstić information content (AvgIpc) is 2.75. The average molecular weight is 448 g/mol. The second-order valence-electron chi connectivity index (χ2n) is 7.69. The topological polar surface area (TPSA) is 78.3 Å². The van der Waals surface area contributed by atoms with Crippen molar-refractivity contribution in [1.82, 2.24) is 14.7 Å². The molecule has 1 N–H and O–H groups in total.